The van der Waals surface area contributed by atoms with Crippen LogP contribution in [-0.2, 0) is 19.4 Å². The summed E-state index contributed by atoms with van der Waals surface area (Å²) in [6.45, 7) is 2.47. The van der Waals surface area contributed by atoms with Crippen molar-refractivity contribution in [2.24, 2.45) is 0 Å². The number of aromatic nitrogens is 2. The molecule has 0 saturated carbocycles. The van der Waals surface area contributed by atoms with Crippen LogP contribution in [0.1, 0.15) is 40.6 Å². The third-order valence-corrected chi connectivity index (χ3v) is 7.56. The van der Waals surface area contributed by atoms with Gasteiger partial charge in [0.25, 0.3) is 5.56 Å². The second-order valence-corrected chi connectivity index (χ2v) is 9.14. The number of hydrogen-bond donors (Lipinski definition) is 0. The normalized spacial score (nSPS) is 13.3. The predicted octanol–water partition coefficient (Wildman–Crippen LogP) is 4.35. The number of hydrogen-bond acceptors (Lipinski definition) is 7. The number of fused-ring (bicyclic) bond motifs is 3. The fourth-order valence-electron chi connectivity index (χ4n) is 3.83. The molecule has 0 saturated heterocycles. The van der Waals surface area contributed by atoms with E-state index < -0.39 is 0 Å². The summed E-state index contributed by atoms with van der Waals surface area (Å²) in [5.74, 6) is 1.24. The summed E-state index contributed by atoms with van der Waals surface area (Å²) in [4.78, 5) is 32.8. The van der Waals surface area contributed by atoms with Gasteiger partial charge in [-0.15, -0.1) is 11.3 Å². The minimum Gasteiger partial charge on any atom is -0.493 e. The number of Topliss-reactive ketones (excluding diaryl/α,β-unsaturated/α-hetero) is 1. The second-order valence-electron chi connectivity index (χ2n) is 7.12. The molecule has 4 rings (SSSR count). The van der Waals surface area contributed by atoms with Crippen LogP contribution < -0.4 is 15.0 Å². The van der Waals surface area contributed by atoms with Crippen molar-refractivity contribution in [3.8, 4) is 11.5 Å². The molecule has 1 aliphatic carbocycles. The van der Waals surface area contributed by atoms with Crippen molar-refractivity contribution >= 4 is 39.1 Å². The van der Waals surface area contributed by atoms with Gasteiger partial charge in [-0.2, -0.15) is 0 Å². The first kappa shape index (κ1) is 20.9. The molecule has 0 fully saturated rings. The molecule has 6 nitrogen and oxygen atoms in total. The highest BCUT2D eigenvalue weighted by Crippen LogP contribution is 2.35. The summed E-state index contributed by atoms with van der Waals surface area (Å²) < 4.78 is 12.2. The minimum atomic E-state index is -0.0524. The SMILES string of the molecule is CCn1c(SCC(=O)c2ccc(OC)c(OC)c2)nc2sc3c(c2c1=O)CCCC3. The van der Waals surface area contributed by atoms with Crippen LogP contribution in [0.3, 0.4) is 0 Å². The Morgan fingerprint density at radius 2 is 1.97 bits per heavy atom. The van der Waals surface area contributed by atoms with Crippen LogP contribution in [0, 0.1) is 0 Å². The predicted molar refractivity (Wildman–Crippen MR) is 121 cm³/mol. The largest absolute Gasteiger partial charge is 0.493 e. The first-order valence-corrected chi connectivity index (χ1v) is 11.8. The van der Waals surface area contributed by atoms with Gasteiger partial charge >= 0.3 is 0 Å². The standard InChI is InChI=1S/C22H24N2O4S2/c1-4-24-21(26)19-14-7-5-6-8-18(14)30-20(19)23-22(24)29-12-15(25)13-9-10-16(27-2)17(11-13)28-3/h9-11H,4-8,12H2,1-3H3. The van der Waals surface area contributed by atoms with E-state index in [4.69, 9.17) is 14.5 Å². The molecular formula is C22H24N2O4S2. The highest BCUT2D eigenvalue weighted by molar-refractivity contribution is 7.99. The van der Waals surface area contributed by atoms with Gasteiger partial charge in [-0.1, -0.05) is 11.8 Å². The number of benzene rings is 1. The molecule has 0 atom stereocenters. The number of rotatable bonds is 7. The van der Waals surface area contributed by atoms with Crippen LogP contribution in [0.25, 0.3) is 10.2 Å². The Labute approximate surface area is 183 Å². The topological polar surface area (TPSA) is 70.4 Å². The lowest BCUT2D eigenvalue weighted by molar-refractivity contribution is 0.102. The van der Waals surface area contributed by atoms with Crippen molar-refractivity contribution in [3.05, 3.63) is 44.6 Å². The monoisotopic (exact) mass is 444 g/mol. The van der Waals surface area contributed by atoms with Crippen molar-refractivity contribution in [1.82, 2.24) is 9.55 Å². The number of methoxy groups -OCH3 is 2. The minimum absolute atomic E-state index is 0.0166. The van der Waals surface area contributed by atoms with E-state index in [0.717, 1.165) is 29.5 Å². The Hall–Kier alpha value is -2.32. The van der Waals surface area contributed by atoms with Crippen LogP contribution >= 0.6 is 23.1 Å². The smallest absolute Gasteiger partial charge is 0.263 e. The fraction of sp³-hybridized carbons (Fsp3) is 0.409. The number of aryl methyl sites for hydroxylation is 2. The molecule has 158 valence electrons. The summed E-state index contributed by atoms with van der Waals surface area (Å²) in [6.07, 6.45) is 4.28. The van der Waals surface area contributed by atoms with Crippen molar-refractivity contribution in [1.29, 1.82) is 0 Å². The molecule has 8 heteroatoms. The molecule has 2 aromatic heterocycles. The number of carbonyl (C=O) groups is 1. The summed E-state index contributed by atoms with van der Waals surface area (Å²) in [6, 6.07) is 5.12. The average Bonchev–Trinajstić information content (AvgIpc) is 3.15. The number of carbonyl (C=O) groups excluding carboxylic acids is 1. The van der Waals surface area contributed by atoms with E-state index in [-0.39, 0.29) is 17.1 Å². The molecule has 0 N–H and O–H groups in total. The van der Waals surface area contributed by atoms with Crippen molar-refractivity contribution in [2.75, 3.05) is 20.0 Å². The lowest BCUT2D eigenvalue weighted by Crippen LogP contribution is -2.23. The van der Waals surface area contributed by atoms with Crippen LogP contribution in [0.5, 0.6) is 11.5 Å². The Morgan fingerprint density at radius 1 is 1.20 bits per heavy atom. The summed E-state index contributed by atoms with van der Waals surface area (Å²) in [7, 11) is 3.10. The summed E-state index contributed by atoms with van der Waals surface area (Å²) in [5, 5.41) is 1.38. The first-order valence-electron chi connectivity index (χ1n) is 10.0. The molecule has 0 bridgehead atoms. The zero-order valence-corrected chi connectivity index (χ0v) is 19.0. The van der Waals surface area contributed by atoms with Gasteiger partial charge in [0.1, 0.15) is 4.83 Å². The first-order chi connectivity index (χ1) is 14.6. The Morgan fingerprint density at radius 3 is 2.70 bits per heavy atom. The van der Waals surface area contributed by atoms with E-state index in [1.54, 1.807) is 48.3 Å². The molecule has 3 aromatic rings. The van der Waals surface area contributed by atoms with Crippen LogP contribution in [-0.4, -0.2) is 35.3 Å². The molecule has 0 spiro atoms. The summed E-state index contributed by atoms with van der Waals surface area (Å²) >= 11 is 2.94. The van der Waals surface area contributed by atoms with Gasteiger partial charge in [0.05, 0.1) is 25.4 Å². The van der Waals surface area contributed by atoms with E-state index in [0.29, 0.717) is 28.8 Å². The molecule has 2 heterocycles. The molecule has 0 aliphatic heterocycles. The maximum Gasteiger partial charge on any atom is 0.263 e. The van der Waals surface area contributed by atoms with Crippen LogP contribution in [0.15, 0.2) is 28.2 Å². The number of ketones is 1. The van der Waals surface area contributed by atoms with E-state index in [2.05, 4.69) is 0 Å². The van der Waals surface area contributed by atoms with Gasteiger partial charge in [0, 0.05) is 17.0 Å². The van der Waals surface area contributed by atoms with E-state index >= 15 is 0 Å². The maximum atomic E-state index is 13.2. The molecule has 0 radical (unpaired) electrons. The van der Waals surface area contributed by atoms with E-state index in [1.807, 2.05) is 6.92 Å². The molecule has 0 amide bonds. The van der Waals surface area contributed by atoms with Gasteiger partial charge in [-0.25, -0.2) is 4.98 Å². The molecule has 0 unspecified atom stereocenters. The van der Waals surface area contributed by atoms with E-state index in [1.165, 1.54) is 28.6 Å². The third kappa shape index (κ3) is 3.74. The highest BCUT2D eigenvalue weighted by atomic mass is 32.2. The fourth-order valence-corrected chi connectivity index (χ4v) is 6.09. The van der Waals surface area contributed by atoms with Gasteiger partial charge in [-0.05, 0) is 56.4 Å². The number of ether oxygens (including phenoxy) is 2. The second kappa shape index (κ2) is 8.81. The third-order valence-electron chi connectivity index (χ3n) is 5.39. The highest BCUT2D eigenvalue weighted by Gasteiger charge is 2.22. The Kier molecular flexibility index (Phi) is 6.15. The molecule has 1 aliphatic rings. The lowest BCUT2D eigenvalue weighted by atomic mass is 9.97. The maximum absolute atomic E-state index is 13.2. The van der Waals surface area contributed by atoms with E-state index in [9.17, 15) is 9.59 Å². The molecule has 30 heavy (non-hydrogen) atoms. The summed E-state index contributed by atoms with van der Waals surface area (Å²) in [5.41, 5.74) is 1.75. The molecular weight excluding hydrogens is 420 g/mol. The zero-order chi connectivity index (χ0) is 21.3. The van der Waals surface area contributed by atoms with Crippen LogP contribution in [0.2, 0.25) is 0 Å². The Balaban J connectivity index is 1.62. The van der Waals surface area contributed by atoms with Gasteiger partial charge in [0.2, 0.25) is 0 Å². The Bertz CT molecular complexity index is 1170. The van der Waals surface area contributed by atoms with Crippen molar-refractivity contribution < 1.29 is 14.3 Å². The van der Waals surface area contributed by atoms with Crippen molar-refractivity contribution in [2.45, 2.75) is 44.3 Å². The van der Waals surface area contributed by atoms with Crippen LogP contribution in [0.4, 0.5) is 0 Å². The quantitative estimate of drug-likeness (QED) is 0.307. The van der Waals surface area contributed by atoms with Crippen molar-refractivity contribution in [3.63, 3.8) is 0 Å². The van der Waals surface area contributed by atoms with Gasteiger partial charge in [-0.3, -0.25) is 14.2 Å². The average molecular weight is 445 g/mol. The number of thiophene rings is 1. The van der Waals surface area contributed by atoms with Gasteiger partial charge in [0.15, 0.2) is 22.4 Å². The lowest BCUT2D eigenvalue weighted by Gasteiger charge is -2.12. The number of thioether (sulfide) groups is 1. The van der Waals surface area contributed by atoms with Gasteiger partial charge < -0.3 is 9.47 Å². The zero-order valence-electron chi connectivity index (χ0n) is 17.3. The molecule has 1 aromatic carbocycles. The number of nitrogens with zero attached hydrogens (tertiary/aromatic N) is 2.